The number of aliphatic hydroxyl groups is 1. The molecule has 3 rings (SSSR count). The molecule has 130 valence electrons. The zero-order valence-electron chi connectivity index (χ0n) is 13.3. The van der Waals surface area contributed by atoms with Crippen LogP contribution in [0.15, 0.2) is 23.3 Å². The summed E-state index contributed by atoms with van der Waals surface area (Å²) < 4.78 is 19.7. The number of amides is 2. The predicted molar refractivity (Wildman–Crippen MR) is 89.8 cm³/mol. The summed E-state index contributed by atoms with van der Waals surface area (Å²) in [4.78, 5) is 26.0. The Morgan fingerprint density at radius 3 is 2.40 bits per heavy atom. The van der Waals surface area contributed by atoms with Gasteiger partial charge in [-0.05, 0) is 31.7 Å². The Hall–Kier alpha value is -2.36. The number of aliphatic hydroxyl groups excluding tert-OH is 1. The summed E-state index contributed by atoms with van der Waals surface area (Å²) in [5.41, 5.74) is 0.766. The maximum absolute atomic E-state index is 14.4. The molecule has 0 bridgehead atoms. The molecule has 1 aromatic rings. The zero-order chi connectivity index (χ0) is 18.0. The number of hydrogen-bond acceptors (Lipinski definition) is 4. The van der Waals surface area contributed by atoms with Crippen molar-refractivity contribution in [1.29, 1.82) is 0 Å². The van der Waals surface area contributed by atoms with Crippen LogP contribution in [-0.2, 0) is 9.59 Å². The number of rotatable bonds is 3. The minimum atomic E-state index is -0.777. The smallest absolute Gasteiger partial charge is 0.261 e. The van der Waals surface area contributed by atoms with Gasteiger partial charge in [0.05, 0.1) is 10.7 Å². The van der Waals surface area contributed by atoms with Crippen molar-refractivity contribution >= 4 is 29.1 Å². The summed E-state index contributed by atoms with van der Waals surface area (Å²) in [6, 6.07) is 2.23. The number of nitrogens with zero attached hydrogens (tertiary/aromatic N) is 1. The van der Waals surface area contributed by atoms with Gasteiger partial charge in [0.2, 0.25) is 0 Å². The summed E-state index contributed by atoms with van der Waals surface area (Å²) in [6.07, 6.45) is 2.75. The molecule has 1 aromatic carbocycles. The fourth-order valence-electron chi connectivity index (χ4n) is 2.98. The lowest BCUT2D eigenvalue weighted by molar-refractivity contribution is -0.120. The molecule has 1 heterocycles. The largest absolute Gasteiger partial charge is 0.479 e. The highest BCUT2D eigenvalue weighted by atomic mass is 35.5. The number of halogens is 2. The van der Waals surface area contributed by atoms with E-state index in [0.29, 0.717) is 24.0 Å². The van der Waals surface area contributed by atoms with E-state index < -0.39 is 17.6 Å². The number of carbonyl (C=O) groups excluding carboxylic acids is 2. The number of hydrogen-bond donors (Lipinski definition) is 1. The first-order valence-corrected chi connectivity index (χ1v) is 8.21. The van der Waals surface area contributed by atoms with Gasteiger partial charge in [0.25, 0.3) is 11.8 Å². The first kappa shape index (κ1) is 17.5. The first-order valence-electron chi connectivity index (χ1n) is 7.83. The normalized spacial score (nSPS) is 16.7. The fourth-order valence-corrected chi connectivity index (χ4v) is 3.18. The van der Waals surface area contributed by atoms with Gasteiger partial charge in [0.15, 0.2) is 0 Å². The molecule has 25 heavy (non-hydrogen) atoms. The van der Waals surface area contributed by atoms with E-state index in [1.54, 1.807) is 0 Å². The molecule has 0 saturated heterocycles. The number of benzene rings is 1. The van der Waals surface area contributed by atoms with E-state index in [0.717, 1.165) is 23.8 Å². The summed E-state index contributed by atoms with van der Waals surface area (Å²) in [5, 5.41) is 8.61. The Kier molecular flexibility index (Phi) is 5.07. The van der Waals surface area contributed by atoms with Crippen LogP contribution >= 0.6 is 11.6 Å². The molecule has 0 saturated carbocycles. The van der Waals surface area contributed by atoms with Crippen molar-refractivity contribution in [1.82, 2.24) is 0 Å². The summed E-state index contributed by atoms with van der Waals surface area (Å²) >= 11 is 5.95. The van der Waals surface area contributed by atoms with Crippen LogP contribution in [0.3, 0.4) is 0 Å². The third-order valence-corrected chi connectivity index (χ3v) is 4.43. The summed E-state index contributed by atoms with van der Waals surface area (Å²) in [5.74, 6) is 3.32. The Morgan fingerprint density at radius 1 is 1.16 bits per heavy atom. The molecule has 7 heteroatoms. The molecule has 0 fully saturated rings. The fraction of sp³-hybridized carbons (Fsp3) is 0.333. The van der Waals surface area contributed by atoms with Crippen molar-refractivity contribution in [2.75, 3.05) is 18.1 Å². The molecule has 0 unspecified atom stereocenters. The monoisotopic (exact) mass is 363 g/mol. The van der Waals surface area contributed by atoms with Gasteiger partial charge in [0, 0.05) is 17.2 Å². The Labute approximate surface area is 149 Å². The van der Waals surface area contributed by atoms with Crippen molar-refractivity contribution in [3.8, 4) is 17.6 Å². The van der Waals surface area contributed by atoms with Gasteiger partial charge in [-0.1, -0.05) is 23.4 Å². The van der Waals surface area contributed by atoms with E-state index in [1.807, 2.05) is 0 Å². The van der Waals surface area contributed by atoms with Crippen molar-refractivity contribution in [2.45, 2.75) is 25.7 Å². The number of carbonyl (C=O) groups is 2. The Morgan fingerprint density at radius 2 is 1.80 bits per heavy atom. The van der Waals surface area contributed by atoms with Crippen molar-refractivity contribution < 1.29 is 23.8 Å². The highest BCUT2D eigenvalue weighted by Crippen LogP contribution is 2.39. The average molecular weight is 364 g/mol. The van der Waals surface area contributed by atoms with Gasteiger partial charge in [0.1, 0.15) is 24.8 Å². The van der Waals surface area contributed by atoms with Gasteiger partial charge < -0.3 is 9.84 Å². The van der Waals surface area contributed by atoms with Crippen LogP contribution in [0.5, 0.6) is 5.75 Å². The molecule has 0 aromatic heterocycles. The highest BCUT2D eigenvalue weighted by Gasteiger charge is 2.41. The lowest BCUT2D eigenvalue weighted by atomic mass is 9.93. The van der Waals surface area contributed by atoms with E-state index in [2.05, 4.69) is 11.8 Å². The average Bonchev–Trinajstić information content (AvgIpc) is 2.85. The quantitative estimate of drug-likeness (QED) is 0.662. The van der Waals surface area contributed by atoms with Crippen LogP contribution in [-0.4, -0.2) is 30.1 Å². The van der Waals surface area contributed by atoms with Crippen LogP contribution in [0.2, 0.25) is 5.02 Å². The molecule has 1 aliphatic heterocycles. The molecule has 2 amide bonds. The number of ether oxygens (including phenoxy) is 1. The molecule has 0 radical (unpaired) electrons. The van der Waals surface area contributed by atoms with E-state index >= 15 is 0 Å². The van der Waals surface area contributed by atoms with Gasteiger partial charge in [-0.2, -0.15) is 0 Å². The SMILES string of the molecule is O=C1C2=C(CCCC2)C(=O)N1c1cc(OCC#CCO)c(Cl)cc1F. The minimum Gasteiger partial charge on any atom is -0.479 e. The lowest BCUT2D eigenvalue weighted by Gasteiger charge is -2.17. The van der Waals surface area contributed by atoms with E-state index in [1.165, 1.54) is 6.07 Å². The van der Waals surface area contributed by atoms with Gasteiger partial charge >= 0.3 is 0 Å². The summed E-state index contributed by atoms with van der Waals surface area (Å²) in [6.45, 7) is -0.373. The van der Waals surface area contributed by atoms with Crippen molar-refractivity contribution in [2.24, 2.45) is 0 Å². The third-order valence-electron chi connectivity index (χ3n) is 4.14. The van der Waals surface area contributed by atoms with Crippen LogP contribution in [0.1, 0.15) is 25.7 Å². The first-order chi connectivity index (χ1) is 12.0. The van der Waals surface area contributed by atoms with Crippen LogP contribution in [0.25, 0.3) is 0 Å². The Balaban J connectivity index is 1.92. The molecule has 5 nitrogen and oxygen atoms in total. The molecule has 0 spiro atoms. The van der Waals surface area contributed by atoms with Gasteiger partial charge in [-0.3, -0.25) is 9.59 Å². The van der Waals surface area contributed by atoms with Crippen molar-refractivity contribution in [3.05, 3.63) is 34.1 Å². The van der Waals surface area contributed by atoms with Gasteiger partial charge in [-0.15, -0.1) is 0 Å². The minimum absolute atomic E-state index is 0.00358. The molecule has 1 N–H and O–H groups in total. The highest BCUT2D eigenvalue weighted by molar-refractivity contribution is 6.34. The molecule has 0 atom stereocenters. The zero-order valence-corrected chi connectivity index (χ0v) is 14.0. The molecular weight excluding hydrogens is 349 g/mol. The Bertz CT molecular complexity index is 809. The van der Waals surface area contributed by atoms with Crippen molar-refractivity contribution in [3.63, 3.8) is 0 Å². The van der Waals surface area contributed by atoms with Crippen LogP contribution in [0.4, 0.5) is 10.1 Å². The standard InChI is InChI=1S/C18H15ClFNO4/c19-13-9-14(20)15(10-16(13)25-8-4-3-7-22)21-17(23)11-5-1-2-6-12(11)18(21)24/h9-10,22H,1-2,5-8H2. The molecule has 1 aliphatic carbocycles. The predicted octanol–water partition coefficient (Wildman–Crippen LogP) is 2.60. The molecule has 2 aliphatic rings. The van der Waals surface area contributed by atoms with E-state index in [4.69, 9.17) is 21.4 Å². The topological polar surface area (TPSA) is 66.8 Å². The maximum atomic E-state index is 14.4. The summed E-state index contributed by atoms with van der Waals surface area (Å²) in [7, 11) is 0. The van der Waals surface area contributed by atoms with E-state index in [9.17, 15) is 14.0 Å². The third kappa shape index (κ3) is 3.26. The van der Waals surface area contributed by atoms with Crippen LogP contribution < -0.4 is 9.64 Å². The number of anilines is 1. The second-order valence-corrected chi connectivity index (χ2v) is 6.05. The lowest BCUT2D eigenvalue weighted by Crippen LogP contribution is -2.32. The maximum Gasteiger partial charge on any atom is 0.261 e. The second kappa shape index (κ2) is 7.26. The second-order valence-electron chi connectivity index (χ2n) is 5.64. The van der Waals surface area contributed by atoms with Gasteiger partial charge in [-0.25, -0.2) is 9.29 Å². The number of imide groups is 1. The van der Waals surface area contributed by atoms with Crippen LogP contribution in [0, 0.1) is 17.7 Å². The molecular formula is C18H15ClFNO4. The van der Waals surface area contributed by atoms with E-state index in [-0.39, 0.29) is 29.7 Å².